The molecule has 0 aliphatic carbocycles. The zero-order chi connectivity index (χ0) is 14.0. The summed E-state index contributed by atoms with van der Waals surface area (Å²) >= 11 is 0. The van der Waals surface area contributed by atoms with Crippen LogP contribution in [0.15, 0.2) is 21.9 Å². The molecule has 1 saturated heterocycles. The molecule has 9 heteroatoms. The number of amides is 1. The summed E-state index contributed by atoms with van der Waals surface area (Å²) in [5, 5.41) is 2.55. The fourth-order valence-corrected chi connectivity index (χ4v) is 3.58. The molecule has 8 nitrogen and oxygen atoms in total. The van der Waals surface area contributed by atoms with E-state index in [4.69, 9.17) is 0 Å². The first-order valence-electron chi connectivity index (χ1n) is 5.65. The molecule has 1 aromatic heterocycles. The minimum absolute atomic E-state index is 0.0660. The number of hydrogen-bond donors (Lipinski definition) is 2. The van der Waals surface area contributed by atoms with E-state index < -0.39 is 33.0 Å². The second kappa shape index (κ2) is 5.00. The highest BCUT2D eigenvalue weighted by molar-refractivity contribution is 7.91. The minimum Gasteiger partial charge on any atom is -0.351 e. The molecule has 2 heterocycles. The zero-order valence-corrected chi connectivity index (χ0v) is 10.8. The highest BCUT2D eigenvalue weighted by Gasteiger charge is 2.28. The van der Waals surface area contributed by atoms with E-state index in [-0.39, 0.29) is 18.1 Å². The highest BCUT2D eigenvalue weighted by Crippen LogP contribution is 2.10. The van der Waals surface area contributed by atoms with Crippen molar-refractivity contribution < 1.29 is 13.2 Å². The number of aromatic amines is 1. The quantitative estimate of drug-likeness (QED) is 0.656. The first-order chi connectivity index (χ1) is 8.85. The topological polar surface area (TPSA) is 118 Å². The van der Waals surface area contributed by atoms with Crippen LogP contribution in [0.5, 0.6) is 0 Å². The molecule has 104 valence electrons. The largest absolute Gasteiger partial charge is 0.351 e. The molecule has 19 heavy (non-hydrogen) atoms. The van der Waals surface area contributed by atoms with E-state index in [9.17, 15) is 22.8 Å². The Bertz CT molecular complexity index is 702. The molecular weight excluding hydrogens is 274 g/mol. The van der Waals surface area contributed by atoms with Gasteiger partial charge >= 0.3 is 5.69 Å². The lowest BCUT2D eigenvalue weighted by Crippen LogP contribution is -2.40. The zero-order valence-electron chi connectivity index (χ0n) is 9.96. The van der Waals surface area contributed by atoms with Gasteiger partial charge in [-0.25, -0.2) is 13.2 Å². The first kappa shape index (κ1) is 13.5. The summed E-state index contributed by atoms with van der Waals surface area (Å²) in [6.45, 7) is -0.258. The molecule has 0 aromatic carbocycles. The van der Waals surface area contributed by atoms with Crippen LogP contribution in [0, 0.1) is 0 Å². The van der Waals surface area contributed by atoms with E-state index in [2.05, 4.69) is 5.32 Å². The minimum atomic E-state index is -3.06. The normalized spacial score (nSPS) is 21.2. The Morgan fingerprint density at radius 3 is 2.79 bits per heavy atom. The van der Waals surface area contributed by atoms with Crippen molar-refractivity contribution in [3.63, 3.8) is 0 Å². The lowest BCUT2D eigenvalue weighted by atomic mass is 10.2. The maximum absolute atomic E-state index is 11.7. The second-order valence-corrected chi connectivity index (χ2v) is 6.63. The van der Waals surface area contributed by atoms with Crippen LogP contribution in [0.2, 0.25) is 0 Å². The van der Waals surface area contributed by atoms with Gasteiger partial charge in [0.25, 0.3) is 5.56 Å². The van der Waals surface area contributed by atoms with E-state index in [0.717, 1.165) is 10.6 Å². The van der Waals surface area contributed by atoms with Gasteiger partial charge in [-0.3, -0.25) is 19.1 Å². The highest BCUT2D eigenvalue weighted by atomic mass is 32.2. The summed E-state index contributed by atoms with van der Waals surface area (Å²) in [7, 11) is -3.06. The molecule has 0 radical (unpaired) electrons. The van der Waals surface area contributed by atoms with Gasteiger partial charge in [0.2, 0.25) is 5.91 Å². The maximum Gasteiger partial charge on any atom is 0.328 e. The van der Waals surface area contributed by atoms with Crippen molar-refractivity contribution in [1.82, 2.24) is 14.9 Å². The molecule has 1 atom stereocenters. The van der Waals surface area contributed by atoms with Crippen molar-refractivity contribution in [1.29, 1.82) is 0 Å². The van der Waals surface area contributed by atoms with E-state index in [1.165, 1.54) is 6.20 Å². The van der Waals surface area contributed by atoms with Crippen molar-refractivity contribution >= 4 is 15.7 Å². The fourth-order valence-electron chi connectivity index (χ4n) is 1.91. The summed E-state index contributed by atoms with van der Waals surface area (Å²) in [5.41, 5.74) is -1.22. The van der Waals surface area contributed by atoms with Crippen LogP contribution in [0.25, 0.3) is 0 Å². The molecule has 0 spiro atoms. The summed E-state index contributed by atoms with van der Waals surface area (Å²) in [6.07, 6.45) is 1.60. The van der Waals surface area contributed by atoms with Gasteiger partial charge in [-0.05, 0) is 6.42 Å². The van der Waals surface area contributed by atoms with Crippen molar-refractivity contribution in [3.8, 4) is 0 Å². The molecule has 0 unspecified atom stereocenters. The molecule has 1 aliphatic rings. The molecule has 1 amide bonds. The van der Waals surface area contributed by atoms with Crippen LogP contribution >= 0.6 is 0 Å². The number of hydrogen-bond acceptors (Lipinski definition) is 5. The van der Waals surface area contributed by atoms with Gasteiger partial charge < -0.3 is 5.32 Å². The summed E-state index contributed by atoms with van der Waals surface area (Å²) in [6, 6.07) is 0.727. The second-order valence-electron chi connectivity index (χ2n) is 4.41. The van der Waals surface area contributed by atoms with Crippen LogP contribution in [0.4, 0.5) is 0 Å². The Morgan fingerprint density at radius 2 is 2.21 bits per heavy atom. The Balaban J connectivity index is 1.99. The van der Waals surface area contributed by atoms with Crippen LogP contribution in [-0.4, -0.2) is 41.4 Å². The summed E-state index contributed by atoms with van der Waals surface area (Å²) < 4.78 is 23.5. The maximum atomic E-state index is 11.7. The van der Waals surface area contributed by atoms with E-state index in [0.29, 0.717) is 6.42 Å². The monoisotopic (exact) mass is 287 g/mol. The number of carbonyl (C=O) groups excluding carboxylic acids is 1. The van der Waals surface area contributed by atoms with Gasteiger partial charge in [0.05, 0.1) is 11.5 Å². The smallest absolute Gasteiger partial charge is 0.328 e. The Morgan fingerprint density at radius 1 is 1.47 bits per heavy atom. The SMILES string of the molecule is O=C(Cn1ccc(=O)[nH]c1=O)N[C@H]1CCS(=O)(=O)C1. The number of aromatic nitrogens is 2. The first-order valence-corrected chi connectivity index (χ1v) is 7.47. The van der Waals surface area contributed by atoms with Crippen LogP contribution < -0.4 is 16.6 Å². The number of nitrogens with zero attached hydrogens (tertiary/aromatic N) is 1. The van der Waals surface area contributed by atoms with Crippen molar-refractivity contribution in [2.75, 3.05) is 11.5 Å². The van der Waals surface area contributed by atoms with Crippen LogP contribution in [0.3, 0.4) is 0 Å². The van der Waals surface area contributed by atoms with Gasteiger partial charge in [-0.15, -0.1) is 0 Å². The van der Waals surface area contributed by atoms with Gasteiger partial charge in [-0.2, -0.15) is 0 Å². The lowest BCUT2D eigenvalue weighted by molar-refractivity contribution is -0.122. The van der Waals surface area contributed by atoms with Crippen molar-refractivity contribution in [2.45, 2.75) is 19.0 Å². The molecule has 1 aliphatic heterocycles. The molecule has 1 fully saturated rings. The summed E-state index contributed by atoms with van der Waals surface area (Å²) in [4.78, 5) is 35.9. The number of sulfone groups is 1. The lowest BCUT2D eigenvalue weighted by Gasteiger charge is -2.11. The van der Waals surface area contributed by atoms with Gasteiger partial charge in [-0.1, -0.05) is 0 Å². The Labute approximate surface area is 108 Å². The van der Waals surface area contributed by atoms with E-state index in [1.807, 2.05) is 4.98 Å². The predicted molar refractivity (Wildman–Crippen MR) is 66.5 cm³/mol. The number of H-pyrrole nitrogens is 1. The molecular formula is C10H13N3O5S. The standard InChI is InChI=1S/C10H13N3O5S/c14-8-1-3-13(10(16)12-8)5-9(15)11-7-2-4-19(17,18)6-7/h1,3,7H,2,4-6H2,(H,11,15)(H,12,14,16)/t7-/m0/s1. The van der Waals surface area contributed by atoms with Crippen molar-refractivity contribution in [3.05, 3.63) is 33.1 Å². The Hall–Kier alpha value is -1.90. The molecule has 0 bridgehead atoms. The molecule has 0 saturated carbocycles. The average molecular weight is 287 g/mol. The number of rotatable bonds is 3. The summed E-state index contributed by atoms with van der Waals surface area (Å²) in [5.74, 6) is -0.466. The third-order valence-electron chi connectivity index (χ3n) is 2.81. The van der Waals surface area contributed by atoms with Crippen LogP contribution in [-0.2, 0) is 21.2 Å². The molecule has 2 N–H and O–H groups in total. The van der Waals surface area contributed by atoms with Gasteiger partial charge in [0.15, 0.2) is 9.84 Å². The number of carbonyl (C=O) groups is 1. The van der Waals surface area contributed by atoms with Crippen molar-refractivity contribution in [2.24, 2.45) is 0 Å². The molecule has 2 rings (SSSR count). The van der Waals surface area contributed by atoms with E-state index in [1.54, 1.807) is 0 Å². The van der Waals surface area contributed by atoms with Crippen LogP contribution in [0.1, 0.15) is 6.42 Å². The van der Waals surface area contributed by atoms with Gasteiger partial charge in [0, 0.05) is 18.3 Å². The fraction of sp³-hybridized carbons (Fsp3) is 0.500. The Kier molecular flexibility index (Phi) is 3.56. The third-order valence-corrected chi connectivity index (χ3v) is 4.58. The molecule has 1 aromatic rings. The van der Waals surface area contributed by atoms with Gasteiger partial charge in [0.1, 0.15) is 6.54 Å². The predicted octanol–water partition coefficient (Wildman–Crippen LogP) is -2.16. The third kappa shape index (κ3) is 3.53. The van der Waals surface area contributed by atoms with E-state index >= 15 is 0 Å². The average Bonchev–Trinajstić information content (AvgIpc) is 2.62. The number of nitrogens with one attached hydrogen (secondary N) is 2.